The van der Waals surface area contributed by atoms with Crippen LogP contribution < -0.4 is 5.32 Å². The number of aliphatic carboxylic acids is 1. The zero-order valence-corrected chi connectivity index (χ0v) is 6.84. The molecule has 0 aromatic carbocycles. The quantitative estimate of drug-likeness (QED) is 0.638. The van der Waals surface area contributed by atoms with Gasteiger partial charge in [-0.2, -0.15) is 0 Å². The molecular formula is C8H15NO2. The standard InChI is InChI=1S/C8H15NO2/c1-2-3-6-4-5-9-7(6)8(10)11/h6-7,9H,2-5H2,1H3,(H,10,11). The van der Waals surface area contributed by atoms with Crippen LogP contribution in [-0.4, -0.2) is 23.7 Å². The minimum absolute atomic E-state index is 0.282. The molecule has 2 unspecified atom stereocenters. The Kier molecular flexibility index (Phi) is 2.88. The van der Waals surface area contributed by atoms with Crippen LogP contribution >= 0.6 is 0 Å². The third-order valence-corrected chi connectivity index (χ3v) is 2.28. The molecule has 0 aromatic heterocycles. The van der Waals surface area contributed by atoms with Crippen molar-refractivity contribution >= 4 is 5.97 Å². The molecule has 64 valence electrons. The Balaban J connectivity index is 2.44. The summed E-state index contributed by atoms with van der Waals surface area (Å²) < 4.78 is 0. The number of rotatable bonds is 3. The number of carbonyl (C=O) groups is 1. The lowest BCUT2D eigenvalue weighted by Crippen LogP contribution is -2.35. The largest absolute Gasteiger partial charge is 0.480 e. The van der Waals surface area contributed by atoms with E-state index >= 15 is 0 Å². The second kappa shape index (κ2) is 3.72. The minimum atomic E-state index is -0.694. The molecule has 3 nitrogen and oxygen atoms in total. The highest BCUT2D eigenvalue weighted by molar-refractivity contribution is 5.74. The third-order valence-electron chi connectivity index (χ3n) is 2.28. The molecule has 0 aliphatic carbocycles. The zero-order chi connectivity index (χ0) is 8.27. The average Bonchev–Trinajstić information content (AvgIpc) is 2.36. The summed E-state index contributed by atoms with van der Waals surface area (Å²) in [6.45, 7) is 2.96. The smallest absolute Gasteiger partial charge is 0.320 e. The molecule has 0 aromatic rings. The van der Waals surface area contributed by atoms with Gasteiger partial charge in [-0.15, -0.1) is 0 Å². The molecule has 0 bridgehead atoms. The maximum Gasteiger partial charge on any atom is 0.320 e. The molecule has 1 heterocycles. The Bertz CT molecular complexity index is 147. The average molecular weight is 157 g/mol. The van der Waals surface area contributed by atoms with Gasteiger partial charge in [-0.1, -0.05) is 13.3 Å². The van der Waals surface area contributed by atoms with E-state index in [0.29, 0.717) is 5.92 Å². The predicted octanol–water partition coefficient (Wildman–Crippen LogP) is 0.849. The molecule has 3 heteroatoms. The van der Waals surface area contributed by atoms with Crippen LogP contribution in [0.15, 0.2) is 0 Å². The number of hydrogen-bond donors (Lipinski definition) is 2. The highest BCUT2D eigenvalue weighted by Gasteiger charge is 2.31. The Hall–Kier alpha value is -0.570. The van der Waals surface area contributed by atoms with Gasteiger partial charge >= 0.3 is 5.97 Å². The molecule has 2 atom stereocenters. The molecule has 1 aliphatic rings. The second-order valence-electron chi connectivity index (χ2n) is 3.11. The van der Waals surface area contributed by atoms with Crippen molar-refractivity contribution in [1.82, 2.24) is 5.32 Å². The molecule has 0 spiro atoms. The maximum atomic E-state index is 10.6. The molecule has 11 heavy (non-hydrogen) atoms. The summed E-state index contributed by atoms with van der Waals surface area (Å²) in [5.41, 5.74) is 0. The molecule has 2 N–H and O–H groups in total. The predicted molar refractivity (Wildman–Crippen MR) is 42.4 cm³/mol. The molecule has 0 radical (unpaired) electrons. The molecule has 1 rings (SSSR count). The van der Waals surface area contributed by atoms with E-state index < -0.39 is 5.97 Å². The van der Waals surface area contributed by atoms with Gasteiger partial charge in [0.15, 0.2) is 0 Å². The summed E-state index contributed by atoms with van der Waals surface area (Å²) in [6.07, 6.45) is 3.13. The first-order valence-electron chi connectivity index (χ1n) is 4.22. The van der Waals surface area contributed by atoms with Gasteiger partial charge in [-0.05, 0) is 25.3 Å². The van der Waals surface area contributed by atoms with Crippen molar-refractivity contribution in [3.63, 3.8) is 0 Å². The van der Waals surface area contributed by atoms with Crippen molar-refractivity contribution in [2.24, 2.45) is 5.92 Å². The Morgan fingerprint density at radius 2 is 2.45 bits per heavy atom. The van der Waals surface area contributed by atoms with E-state index in [0.717, 1.165) is 25.8 Å². The highest BCUT2D eigenvalue weighted by atomic mass is 16.4. The van der Waals surface area contributed by atoms with Crippen LogP contribution in [0, 0.1) is 5.92 Å². The fraction of sp³-hybridized carbons (Fsp3) is 0.875. The van der Waals surface area contributed by atoms with Gasteiger partial charge in [0.05, 0.1) is 0 Å². The van der Waals surface area contributed by atoms with Crippen LogP contribution in [0.5, 0.6) is 0 Å². The van der Waals surface area contributed by atoms with E-state index in [9.17, 15) is 4.79 Å². The van der Waals surface area contributed by atoms with Crippen molar-refractivity contribution < 1.29 is 9.90 Å². The van der Waals surface area contributed by atoms with Crippen molar-refractivity contribution in [2.75, 3.05) is 6.54 Å². The molecule has 0 saturated carbocycles. The monoisotopic (exact) mass is 157 g/mol. The Labute approximate surface area is 66.8 Å². The van der Waals surface area contributed by atoms with Gasteiger partial charge in [0, 0.05) is 0 Å². The summed E-state index contributed by atoms with van der Waals surface area (Å²) in [5, 5.41) is 11.7. The van der Waals surface area contributed by atoms with E-state index in [4.69, 9.17) is 5.11 Å². The van der Waals surface area contributed by atoms with Gasteiger partial charge in [0.25, 0.3) is 0 Å². The van der Waals surface area contributed by atoms with Crippen molar-refractivity contribution in [2.45, 2.75) is 32.2 Å². The third kappa shape index (κ3) is 1.93. The van der Waals surface area contributed by atoms with Crippen LogP contribution in [-0.2, 0) is 4.79 Å². The number of nitrogens with one attached hydrogen (secondary N) is 1. The van der Waals surface area contributed by atoms with E-state index in [1.807, 2.05) is 0 Å². The minimum Gasteiger partial charge on any atom is -0.480 e. The fourth-order valence-electron chi connectivity index (χ4n) is 1.73. The van der Waals surface area contributed by atoms with Crippen molar-refractivity contribution in [1.29, 1.82) is 0 Å². The van der Waals surface area contributed by atoms with Gasteiger partial charge in [-0.25, -0.2) is 0 Å². The Morgan fingerprint density at radius 3 is 3.00 bits per heavy atom. The second-order valence-corrected chi connectivity index (χ2v) is 3.11. The van der Waals surface area contributed by atoms with E-state index in [2.05, 4.69) is 12.2 Å². The summed E-state index contributed by atoms with van der Waals surface area (Å²) in [6, 6.07) is -0.282. The Morgan fingerprint density at radius 1 is 1.73 bits per heavy atom. The molecular weight excluding hydrogens is 142 g/mol. The van der Waals surface area contributed by atoms with Crippen LogP contribution in [0.1, 0.15) is 26.2 Å². The SMILES string of the molecule is CCCC1CCNC1C(=O)O. The molecule has 0 amide bonds. The first-order valence-corrected chi connectivity index (χ1v) is 4.22. The van der Waals surface area contributed by atoms with E-state index in [1.165, 1.54) is 0 Å². The molecule has 1 saturated heterocycles. The normalized spacial score (nSPS) is 30.6. The molecule has 1 aliphatic heterocycles. The first-order chi connectivity index (χ1) is 5.25. The first kappa shape index (κ1) is 8.53. The summed E-state index contributed by atoms with van der Waals surface area (Å²) in [4.78, 5) is 10.6. The lowest BCUT2D eigenvalue weighted by atomic mass is 9.96. The zero-order valence-electron chi connectivity index (χ0n) is 6.84. The summed E-state index contributed by atoms with van der Waals surface area (Å²) in [5.74, 6) is -0.335. The van der Waals surface area contributed by atoms with Crippen LogP contribution in [0.4, 0.5) is 0 Å². The lowest BCUT2D eigenvalue weighted by Gasteiger charge is -2.13. The van der Waals surface area contributed by atoms with Crippen LogP contribution in [0.3, 0.4) is 0 Å². The number of carboxylic acids is 1. The highest BCUT2D eigenvalue weighted by Crippen LogP contribution is 2.20. The van der Waals surface area contributed by atoms with E-state index in [1.54, 1.807) is 0 Å². The van der Waals surface area contributed by atoms with Crippen LogP contribution in [0.25, 0.3) is 0 Å². The van der Waals surface area contributed by atoms with Gasteiger partial charge < -0.3 is 10.4 Å². The molecule has 1 fully saturated rings. The van der Waals surface area contributed by atoms with Crippen LogP contribution in [0.2, 0.25) is 0 Å². The van der Waals surface area contributed by atoms with Gasteiger partial charge in [0.1, 0.15) is 6.04 Å². The number of hydrogen-bond acceptors (Lipinski definition) is 2. The van der Waals surface area contributed by atoms with Crippen molar-refractivity contribution in [3.05, 3.63) is 0 Å². The summed E-state index contributed by atoms with van der Waals surface area (Å²) in [7, 11) is 0. The van der Waals surface area contributed by atoms with Crippen molar-refractivity contribution in [3.8, 4) is 0 Å². The maximum absolute atomic E-state index is 10.6. The lowest BCUT2D eigenvalue weighted by molar-refractivity contribution is -0.140. The van der Waals surface area contributed by atoms with Gasteiger partial charge in [-0.3, -0.25) is 4.79 Å². The van der Waals surface area contributed by atoms with E-state index in [-0.39, 0.29) is 6.04 Å². The summed E-state index contributed by atoms with van der Waals surface area (Å²) >= 11 is 0. The fourth-order valence-corrected chi connectivity index (χ4v) is 1.73. The van der Waals surface area contributed by atoms with Gasteiger partial charge in [0.2, 0.25) is 0 Å². The topological polar surface area (TPSA) is 49.3 Å². The number of carboxylic acid groups (broad SMARTS) is 1.